The van der Waals surface area contributed by atoms with Crippen molar-refractivity contribution in [1.82, 2.24) is 0 Å². The average Bonchev–Trinajstić information content (AvgIpc) is 2.84. The summed E-state index contributed by atoms with van der Waals surface area (Å²) in [5.41, 5.74) is 9.73. The number of hydrogen-bond acceptors (Lipinski definition) is 3. The van der Waals surface area contributed by atoms with Gasteiger partial charge in [0.05, 0.1) is 12.1 Å². The summed E-state index contributed by atoms with van der Waals surface area (Å²) in [5, 5.41) is 14.0. The Bertz CT molecular complexity index is 516. The van der Waals surface area contributed by atoms with Crippen LogP contribution >= 0.6 is 0 Å². The molecular weight excluding hydrogens is 272 g/mol. The molecule has 122 valence electrons. The molecule has 1 unspecified atom stereocenters. The van der Waals surface area contributed by atoms with Crippen molar-refractivity contribution in [2.45, 2.75) is 77.4 Å². The number of nitrogens with zero attached hydrogens (tertiary/aromatic N) is 1. The molecule has 0 bridgehead atoms. The van der Waals surface area contributed by atoms with Gasteiger partial charge >= 0.3 is 0 Å². The molecule has 0 aliphatic heterocycles. The van der Waals surface area contributed by atoms with Gasteiger partial charge in [-0.2, -0.15) is 5.11 Å². The van der Waals surface area contributed by atoms with E-state index in [1.807, 2.05) is 0 Å². The molecule has 0 aromatic rings. The van der Waals surface area contributed by atoms with Crippen LogP contribution in [0.15, 0.2) is 16.8 Å². The Balaban J connectivity index is 1.67. The van der Waals surface area contributed by atoms with Crippen LogP contribution in [0.3, 0.4) is 0 Å². The summed E-state index contributed by atoms with van der Waals surface area (Å²) in [6.45, 7) is 4.89. The van der Waals surface area contributed by atoms with Crippen LogP contribution in [0.2, 0.25) is 0 Å². The van der Waals surface area contributed by atoms with Crippen LogP contribution in [0.25, 0.3) is 0 Å². The third-order valence-electron chi connectivity index (χ3n) is 8.18. The van der Waals surface area contributed by atoms with E-state index in [1.165, 1.54) is 25.7 Å². The molecule has 22 heavy (non-hydrogen) atoms. The van der Waals surface area contributed by atoms with Crippen molar-refractivity contribution < 1.29 is 5.11 Å². The van der Waals surface area contributed by atoms with E-state index in [9.17, 15) is 5.11 Å². The maximum Gasteiger partial charge on any atom is 0.0762 e. The highest BCUT2D eigenvalue weighted by molar-refractivity contribution is 5.25. The summed E-state index contributed by atoms with van der Waals surface area (Å²) in [6, 6.07) is 0.268. The van der Waals surface area contributed by atoms with E-state index in [-0.39, 0.29) is 17.6 Å². The smallest absolute Gasteiger partial charge is 0.0762 e. The maximum absolute atomic E-state index is 10.0. The average molecular weight is 302 g/mol. The molecule has 7 atom stereocenters. The molecule has 4 aliphatic carbocycles. The number of aliphatic hydroxyl groups excluding tert-OH is 1. The van der Waals surface area contributed by atoms with E-state index >= 15 is 0 Å². The van der Waals surface area contributed by atoms with Gasteiger partial charge in [0, 0.05) is 0 Å². The van der Waals surface area contributed by atoms with Crippen molar-refractivity contribution in [3.05, 3.63) is 11.6 Å². The largest absolute Gasteiger partial charge is 0.393 e. The van der Waals surface area contributed by atoms with Gasteiger partial charge in [-0.15, -0.1) is 0 Å². The van der Waals surface area contributed by atoms with Gasteiger partial charge < -0.3 is 5.11 Å². The van der Waals surface area contributed by atoms with Crippen LogP contribution in [-0.2, 0) is 0 Å². The van der Waals surface area contributed by atoms with Gasteiger partial charge in [-0.25, -0.2) is 5.53 Å². The van der Waals surface area contributed by atoms with Crippen molar-refractivity contribution in [2.75, 3.05) is 0 Å². The second-order valence-electron chi connectivity index (χ2n) is 8.92. The third kappa shape index (κ3) is 1.84. The molecule has 3 nitrogen and oxygen atoms in total. The lowest BCUT2D eigenvalue weighted by Gasteiger charge is -2.57. The van der Waals surface area contributed by atoms with Crippen LogP contribution in [0.1, 0.15) is 65.2 Å². The molecule has 3 heteroatoms. The third-order valence-corrected chi connectivity index (χ3v) is 8.18. The number of aliphatic hydroxyl groups is 1. The minimum Gasteiger partial charge on any atom is -0.393 e. The number of hydrogen-bond donors (Lipinski definition) is 2. The molecule has 3 fully saturated rings. The molecule has 3 saturated carbocycles. The first-order valence-electron chi connectivity index (χ1n) is 9.23. The first kappa shape index (κ1) is 14.9. The van der Waals surface area contributed by atoms with Crippen molar-refractivity contribution in [3.8, 4) is 0 Å². The van der Waals surface area contributed by atoms with Gasteiger partial charge in [-0.1, -0.05) is 25.5 Å². The van der Waals surface area contributed by atoms with Crippen molar-refractivity contribution >= 4 is 0 Å². The van der Waals surface area contributed by atoms with Crippen LogP contribution in [-0.4, -0.2) is 17.3 Å². The zero-order valence-electron chi connectivity index (χ0n) is 14.0. The van der Waals surface area contributed by atoms with Crippen molar-refractivity contribution in [3.63, 3.8) is 0 Å². The number of rotatable bonds is 1. The second-order valence-corrected chi connectivity index (χ2v) is 8.92. The Morgan fingerprint density at radius 3 is 2.73 bits per heavy atom. The van der Waals surface area contributed by atoms with Crippen molar-refractivity contribution in [1.29, 1.82) is 5.53 Å². The molecule has 0 saturated heterocycles. The SMILES string of the molecule is C[C@]12CC[C@H](O)CC1=CC[C@@H]1[C@@H]2CC[C@]2(C)C(N=N)CC[C@@H]12. The Kier molecular flexibility index (Phi) is 3.31. The zero-order chi connectivity index (χ0) is 15.5. The molecule has 0 aromatic carbocycles. The molecule has 0 amide bonds. The summed E-state index contributed by atoms with van der Waals surface area (Å²) in [7, 11) is 0. The van der Waals surface area contributed by atoms with E-state index in [2.05, 4.69) is 25.0 Å². The van der Waals surface area contributed by atoms with E-state index < -0.39 is 0 Å². The minimum atomic E-state index is -0.109. The standard InChI is InChI=1S/C19H30N2O/c1-18-9-7-13(22)11-12(18)3-4-14-15-5-6-17(21-20)19(15,2)10-8-16(14)18/h3,13-17,20,22H,4-11H2,1-2H3/t13-,14-,15-,16-,17?,18-,19-/m0/s1. The van der Waals surface area contributed by atoms with Gasteiger partial charge in [0.1, 0.15) is 0 Å². The van der Waals surface area contributed by atoms with E-state index in [4.69, 9.17) is 5.53 Å². The summed E-state index contributed by atoms with van der Waals surface area (Å²) in [6.07, 6.45) is 11.6. The van der Waals surface area contributed by atoms with Gasteiger partial charge in [0.2, 0.25) is 0 Å². The summed E-state index contributed by atoms with van der Waals surface area (Å²) in [5.74, 6) is 2.34. The lowest BCUT2D eigenvalue weighted by molar-refractivity contribution is -0.0406. The predicted molar refractivity (Wildman–Crippen MR) is 86.6 cm³/mol. The van der Waals surface area contributed by atoms with Crippen molar-refractivity contribution in [2.24, 2.45) is 33.7 Å². The topological polar surface area (TPSA) is 56.4 Å². The molecule has 2 N–H and O–H groups in total. The van der Waals surface area contributed by atoms with Gasteiger partial charge in [0.25, 0.3) is 0 Å². The van der Waals surface area contributed by atoms with E-state index in [0.29, 0.717) is 5.41 Å². The van der Waals surface area contributed by atoms with E-state index in [0.717, 1.165) is 43.4 Å². The summed E-state index contributed by atoms with van der Waals surface area (Å²) < 4.78 is 0. The molecule has 0 heterocycles. The van der Waals surface area contributed by atoms with Gasteiger partial charge in [-0.3, -0.25) is 0 Å². The van der Waals surface area contributed by atoms with Gasteiger partial charge in [-0.05, 0) is 80.0 Å². The fraction of sp³-hybridized carbons (Fsp3) is 0.895. The first-order chi connectivity index (χ1) is 10.5. The highest BCUT2D eigenvalue weighted by Crippen LogP contribution is 2.65. The highest BCUT2D eigenvalue weighted by atomic mass is 16.3. The van der Waals surface area contributed by atoms with Crippen LogP contribution in [0, 0.1) is 34.1 Å². The van der Waals surface area contributed by atoms with Crippen LogP contribution < -0.4 is 0 Å². The first-order valence-corrected chi connectivity index (χ1v) is 9.23. The normalized spacial score (nSPS) is 54.0. The predicted octanol–water partition coefficient (Wildman–Crippen LogP) is 4.71. The molecule has 0 radical (unpaired) electrons. The lowest BCUT2D eigenvalue weighted by atomic mass is 9.48. The quantitative estimate of drug-likeness (QED) is 0.535. The molecule has 0 spiro atoms. The molecule has 4 rings (SSSR count). The Hall–Kier alpha value is -0.700. The molecule has 4 aliphatic rings. The summed E-state index contributed by atoms with van der Waals surface area (Å²) in [4.78, 5) is 0. The fourth-order valence-corrected chi connectivity index (χ4v) is 6.83. The molecular formula is C19H30N2O. The highest BCUT2D eigenvalue weighted by Gasteiger charge is 2.58. The van der Waals surface area contributed by atoms with E-state index in [1.54, 1.807) is 5.57 Å². The van der Waals surface area contributed by atoms with Crippen LogP contribution in [0.4, 0.5) is 0 Å². The van der Waals surface area contributed by atoms with Crippen LogP contribution in [0.5, 0.6) is 0 Å². The molecule has 0 aromatic heterocycles. The lowest BCUT2D eigenvalue weighted by Crippen LogP contribution is -2.50. The minimum absolute atomic E-state index is 0.109. The van der Waals surface area contributed by atoms with Gasteiger partial charge in [0.15, 0.2) is 0 Å². The summed E-state index contributed by atoms with van der Waals surface area (Å²) >= 11 is 0. The second kappa shape index (κ2) is 4.90. The number of nitrogens with one attached hydrogen (secondary N) is 1. The Morgan fingerprint density at radius 1 is 1.14 bits per heavy atom. The Morgan fingerprint density at radius 2 is 1.95 bits per heavy atom. The number of allylic oxidation sites excluding steroid dienone is 1. The Labute approximate surface area is 134 Å². The zero-order valence-corrected chi connectivity index (χ0v) is 14.0. The monoisotopic (exact) mass is 302 g/mol. The fourth-order valence-electron chi connectivity index (χ4n) is 6.83. The number of fused-ring (bicyclic) bond motifs is 5. The maximum atomic E-state index is 10.0.